The van der Waals surface area contributed by atoms with E-state index in [1.165, 1.54) is 11.8 Å². The number of thioether (sulfide) groups is 1. The second-order valence-electron chi connectivity index (χ2n) is 7.16. The summed E-state index contributed by atoms with van der Waals surface area (Å²) in [4.78, 5) is 24.9. The Kier molecular flexibility index (Phi) is 8.05. The van der Waals surface area contributed by atoms with Gasteiger partial charge in [0, 0.05) is 22.8 Å². The van der Waals surface area contributed by atoms with Gasteiger partial charge in [0.15, 0.2) is 11.0 Å². The van der Waals surface area contributed by atoms with E-state index in [1.54, 1.807) is 35.9 Å². The summed E-state index contributed by atoms with van der Waals surface area (Å²) in [6.45, 7) is 3.60. The molecule has 3 N–H and O–H groups in total. The minimum absolute atomic E-state index is 0.140. The smallest absolute Gasteiger partial charge is 0.251 e. The summed E-state index contributed by atoms with van der Waals surface area (Å²) in [6, 6.07) is 11.8. The quantitative estimate of drug-likeness (QED) is 0.395. The van der Waals surface area contributed by atoms with Gasteiger partial charge in [0.2, 0.25) is 5.91 Å². The fraction of sp³-hybridized carbons (Fsp3) is 0.273. The van der Waals surface area contributed by atoms with E-state index >= 15 is 0 Å². The Morgan fingerprint density at radius 3 is 2.53 bits per heavy atom. The van der Waals surface area contributed by atoms with E-state index in [-0.39, 0.29) is 24.2 Å². The number of aliphatic hydroxyl groups is 1. The van der Waals surface area contributed by atoms with Crippen molar-refractivity contribution in [3.05, 3.63) is 69.5 Å². The number of nitrogens with zero attached hydrogens (tertiary/aromatic N) is 3. The van der Waals surface area contributed by atoms with Crippen molar-refractivity contribution in [3.8, 4) is 0 Å². The number of aromatic nitrogens is 3. The van der Waals surface area contributed by atoms with Crippen LogP contribution in [0.5, 0.6) is 0 Å². The monoisotopic (exact) mass is 517 g/mol. The van der Waals surface area contributed by atoms with Crippen LogP contribution in [0.15, 0.2) is 52.1 Å². The molecule has 0 saturated heterocycles. The van der Waals surface area contributed by atoms with Gasteiger partial charge in [0.1, 0.15) is 6.04 Å². The van der Waals surface area contributed by atoms with Crippen molar-refractivity contribution in [3.63, 3.8) is 0 Å². The van der Waals surface area contributed by atoms with Crippen LogP contribution >= 0.6 is 27.7 Å². The SMILES string of the molecule is Cc1c(Br)ccc(NC(=O)CSc2nnc(C(CO)NC(=O)c3ccccc3)n2C)c1C. The Bertz CT molecular complexity index is 1120. The maximum atomic E-state index is 12.4. The van der Waals surface area contributed by atoms with Crippen LogP contribution < -0.4 is 10.6 Å². The fourth-order valence-corrected chi connectivity index (χ4v) is 4.17. The molecule has 10 heteroatoms. The van der Waals surface area contributed by atoms with E-state index in [2.05, 4.69) is 36.8 Å². The molecule has 0 aliphatic carbocycles. The number of hydrogen-bond donors (Lipinski definition) is 3. The van der Waals surface area contributed by atoms with Crippen molar-refractivity contribution in [1.29, 1.82) is 0 Å². The lowest BCUT2D eigenvalue weighted by Gasteiger charge is -2.16. The van der Waals surface area contributed by atoms with E-state index in [1.807, 2.05) is 32.0 Å². The zero-order valence-corrected chi connectivity index (χ0v) is 20.3. The number of amides is 2. The zero-order chi connectivity index (χ0) is 23.3. The van der Waals surface area contributed by atoms with Crippen LogP contribution in [-0.4, -0.2) is 44.0 Å². The van der Waals surface area contributed by atoms with E-state index in [0.29, 0.717) is 16.5 Å². The molecule has 0 radical (unpaired) electrons. The lowest BCUT2D eigenvalue weighted by Crippen LogP contribution is -2.32. The molecule has 1 heterocycles. The average molecular weight is 518 g/mol. The molecule has 2 amide bonds. The number of aliphatic hydroxyl groups excluding tert-OH is 1. The summed E-state index contributed by atoms with van der Waals surface area (Å²) in [5.74, 6) is 0.0571. The number of carbonyl (C=O) groups is 2. The predicted molar refractivity (Wildman–Crippen MR) is 128 cm³/mol. The lowest BCUT2D eigenvalue weighted by atomic mass is 10.1. The maximum Gasteiger partial charge on any atom is 0.251 e. The Balaban J connectivity index is 1.63. The summed E-state index contributed by atoms with van der Waals surface area (Å²) < 4.78 is 2.66. The first-order valence-electron chi connectivity index (χ1n) is 9.86. The molecule has 32 heavy (non-hydrogen) atoms. The largest absolute Gasteiger partial charge is 0.394 e. The third-order valence-electron chi connectivity index (χ3n) is 5.03. The number of nitrogens with one attached hydrogen (secondary N) is 2. The molecule has 3 aromatic rings. The van der Waals surface area contributed by atoms with Gasteiger partial charge in [0.05, 0.1) is 12.4 Å². The second-order valence-corrected chi connectivity index (χ2v) is 8.95. The van der Waals surface area contributed by atoms with Gasteiger partial charge in [-0.3, -0.25) is 9.59 Å². The predicted octanol–water partition coefficient (Wildman–Crippen LogP) is 3.39. The molecule has 0 spiro atoms. The summed E-state index contributed by atoms with van der Waals surface area (Å²) >= 11 is 4.71. The molecule has 0 aliphatic heterocycles. The van der Waals surface area contributed by atoms with Crippen molar-refractivity contribution in [1.82, 2.24) is 20.1 Å². The molecule has 0 fully saturated rings. The summed E-state index contributed by atoms with van der Waals surface area (Å²) in [6.07, 6.45) is 0. The van der Waals surface area contributed by atoms with Gasteiger partial charge in [0.25, 0.3) is 5.91 Å². The van der Waals surface area contributed by atoms with Crippen molar-refractivity contribution in [2.75, 3.05) is 17.7 Å². The third-order valence-corrected chi connectivity index (χ3v) is 6.91. The van der Waals surface area contributed by atoms with Gasteiger partial charge in [-0.2, -0.15) is 0 Å². The average Bonchev–Trinajstić information content (AvgIpc) is 3.17. The molecule has 0 saturated carbocycles. The molecule has 0 bridgehead atoms. The van der Waals surface area contributed by atoms with Gasteiger partial charge in [-0.15, -0.1) is 10.2 Å². The van der Waals surface area contributed by atoms with Crippen molar-refractivity contribution in [2.45, 2.75) is 25.0 Å². The Hall–Kier alpha value is -2.69. The number of carbonyl (C=O) groups excluding carboxylic acids is 2. The third kappa shape index (κ3) is 5.56. The Morgan fingerprint density at radius 2 is 1.84 bits per heavy atom. The van der Waals surface area contributed by atoms with Crippen LogP contribution in [0.1, 0.15) is 33.4 Å². The number of benzene rings is 2. The number of hydrogen-bond acceptors (Lipinski definition) is 6. The molecule has 8 nitrogen and oxygen atoms in total. The first-order chi connectivity index (χ1) is 15.3. The molecule has 1 aromatic heterocycles. The highest BCUT2D eigenvalue weighted by Crippen LogP contribution is 2.26. The first kappa shape index (κ1) is 24.0. The molecule has 2 aromatic carbocycles. The van der Waals surface area contributed by atoms with Crippen molar-refractivity contribution < 1.29 is 14.7 Å². The summed E-state index contributed by atoms with van der Waals surface area (Å²) in [7, 11) is 1.73. The Morgan fingerprint density at radius 1 is 1.12 bits per heavy atom. The molecule has 0 aliphatic rings. The molecule has 3 rings (SSSR count). The molecule has 168 valence electrons. The fourth-order valence-electron chi connectivity index (χ4n) is 3.02. The maximum absolute atomic E-state index is 12.4. The molecular weight excluding hydrogens is 494 g/mol. The van der Waals surface area contributed by atoms with Gasteiger partial charge in [-0.05, 0) is 49.2 Å². The van der Waals surface area contributed by atoms with Crippen LogP contribution in [-0.2, 0) is 11.8 Å². The van der Waals surface area contributed by atoms with Crippen LogP contribution in [0.3, 0.4) is 0 Å². The molecule has 1 atom stereocenters. The van der Waals surface area contributed by atoms with Crippen molar-refractivity contribution in [2.24, 2.45) is 7.05 Å². The molecule has 1 unspecified atom stereocenters. The highest BCUT2D eigenvalue weighted by molar-refractivity contribution is 9.10. The van der Waals surface area contributed by atoms with Gasteiger partial charge in [-0.1, -0.05) is 45.9 Å². The van der Waals surface area contributed by atoms with Crippen LogP contribution in [0.4, 0.5) is 5.69 Å². The van der Waals surface area contributed by atoms with Crippen LogP contribution in [0, 0.1) is 13.8 Å². The number of halogens is 1. The Labute approximate surface area is 198 Å². The van der Waals surface area contributed by atoms with E-state index < -0.39 is 6.04 Å². The van der Waals surface area contributed by atoms with Gasteiger partial charge >= 0.3 is 0 Å². The van der Waals surface area contributed by atoms with Crippen LogP contribution in [0.25, 0.3) is 0 Å². The standard InChI is InChI=1S/C22H24BrN5O3S/c1-13-14(2)17(10-9-16(13)23)24-19(30)12-32-22-27-26-20(28(22)3)18(11-29)25-21(31)15-7-5-4-6-8-15/h4-10,18,29H,11-12H2,1-3H3,(H,24,30)(H,25,31). The van der Waals surface area contributed by atoms with E-state index in [4.69, 9.17) is 0 Å². The highest BCUT2D eigenvalue weighted by Gasteiger charge is 2.22. The summed E-state index contributed by atoms with van der Waals surface area (Å²) in [5, 5.41) is 24.2. The van der Waals surface area contributed by atoms with Gasteiger partial charge < -0.3 is 20.3 Å². The lowest BCUT2D eigenvalue weighted by molar-refractivity contribution is -0.113. The minimum Gasteiger partial charge on any atom is -0.394 e. The van der Waals surface area contributed by atoms with Crippen LogP contribution in [0.2, 0.25) is 0 Å². The van der Waals surface area contributed by atoms with Crippen molar-refractivity contribution >= 4 is 45.2 Å². The zero-order valence-electron chi connectivity index (χ0n) is 17.9. The highest BCUT2D eigenvalue weighted by atomic mass is 79.9. The van der Waals surface area contributed by atoms with Gasteiger partial charge in [-0.25, -0.2) is 0 Å². The topological polar surface area (TPSA) is 109 Å². The number of rotatable bonds is 8. The normalized spacial score (nSPS) is 11.8. The van der Waals surface area contributed by atoms with E-state index in [0.717, 1.165) is 21.3 Å². The first-order valence-corrected chi connectivity index (χ1v) is 11.6. The minimum atomic E-state index is -0.725. The molecular formula is C22H24BrN5O3S. The number of anilines is 1. The summed E-state index contributed by atoms with van der Waals surface area (Å²) in [5.41, 5.74) is 3.32. The van der Waals surface area contributed by atoms with E-state index in [9.17, 15) is 14.7 Å². The second kappa shape index (κ2) is 10.8.